The van der Waals surface area contributed by atoms with E-state index in [4.69, 9.17) is 9.47 Å². The van der Waals surface area contributed by atoms with Crippen LogP contribution in [-0.4, -0.2) is 24.3 Å². The van der Waals surface area contributed by atoms with Crippen molar-refractivity contribution in [2.24, 2.45) is 0 Å². The number of unbranched alkanes of at least 4 members (excludes halogenated alkanes) is 4. The zero-order valence-corrected chi connectivity index (χ0v) is 12.4. The lowest BCUT2D eigenvalue weighted by Gasteiger charge is -2.09. The molecule has 0 atom stereocenters. The first-order valence-corrected chi connectivity index (χ1v) is 7.32. The highest BCUT2D eigenvalue weighted by molar-refractivity contribution is 5.90. The van der Waals surface area contributed by atoms with E-state index in [0.717, 1.165) is 12.8 Å². The van der Waals surface area contributed by atoms with Crippen molar-refractivity contribution in [3.05, 3.63) is 23.8 Å². The summed E-state index contributed by atoms with van der Waals surface area (Å²) in [5.41, 5.74) is 0.333. The van der Waals surface area contributed by atoms with Crippen LogP contribution in [0.2, 0.25) is 0 Å². The Morgan fingerprint density at radius 1 is 1.15 bits per heavy atom. The quantitative estimate of drug-likeness (QED) is 0.550. The van der Waals surface area contributed by atoms with Crippen LogP contribution >= 0.6 is 0 Å². The van der Waals surface area contributed by atoms with Crippen LogP contribution in [0.1, 0.15) is 56.3 Å². The van der Waals surface area contributed by atoms with Crippen LogP contribution in [0.3, 0.4) is 0 Å². The highest BCUT2D eigenvalue weighted by Crippen LogP contribution is 2.27. The molecule has 0 spiro atoms. The second-order valence-corrected chi connectivity index (χ2v) is 4.67. The minimum absolute atomic E-state index is 0.0240. The molecule has 0 saturated carbocycles. The number of aromatic hydroxyl groups is 1. The van der Waals surface area contributed by atoms with Gasteiger partial charge in [-0.25, -0.2) is 4.79 Å². The zero-order valence-electron chi connectivity index (χ0n) is 12.4. The van der Waals surface area contributed by atoms with Crippen LogP contribution < -0.4 is 4.74 Å². The first kappa shape index (κ1) is 16.3. The molecule has 112 valence electrons. The second-order valence-electron chi connectivity index (χ2n) is 4.67. The smallest absolute Gasteiger partial charge is 0.338 e. The molecule has 0 heterocycles. The number of esters is 1. The van der Waals surface area contributed by atoms with Gasteiger partial charge in [0.05, 0.1) is 18.8 Å². The van der Waals surface area contributed by atoms with Gasteiger partial charge in [0.15, 0.2) is 11.5 Å². The monoisotopic (exact) mass is 280 g/mol. The average Bonchev–Trinajstić information content (AvgIpc) is 2.44. The number of hydrogen-bond acceptors (Lipinski definition) is 4. The standard InChI is InChI=1S/C16H24O4/c1-3-5-6-7-8-11-20-15-10-9-13(12-14(15)17)16(18)19-4-2/h9-10,12,17H,3-8,11H2,1-2H3. The van der Waals surface area contributed by atoms with Crippen LogP contribution in [0, 0.1) is 0 Å². The highest BCUT2D eigenvalue weighted by atomic mass is 16.5. The molecule has 0 saturated heterocycles. The van der Waals surface area contributed by atoms with Gasteiger partial charge in [-0.3, -0.25) is 0 Å². The number of benzene rings is 1. The summed E-state index contributed by atoms with van der Waals surface area (Å²) in [6, 6.07) is 4.59. The van der Waals surface area contributed by atoms with E-state index < -0.39 is 5.97 Å². The van der Waals surface area contributed by atoms with Crippen molar-refractivity contribution in [3.63, 3.8) is 0 Å². The third-order valence-electron chi connectivity index (χ3n) is 2.98. The zero-order chi connectivity index (χ0) is 14.8. The Kier molecular flexibility index (Phi) is 7.55. The van der Waals surface area contributed by atoms with Gasteiger partial charge >= 0.3 is 5.97 Å². The molecule has 0 fully saturated rings. The van der Waals surface area contributed by atoms with Crippen LogP contribution in [0.4, 0.5) is 0 Å². The first-order chi connectivity index (χ1) is 9.69. The minimum Gasteiger partial charge on any atom is -0.504 e. The lowest BCUT2D eigenvalue weighted by Crippen LogP contribution is -2.05. The van der Waals surface area contributed by atoms with Crippen molar-refractivity contribution in [2.45, 2.75) is 46.0 Å². The second kappa shape index (κ2) is 9.23. The molecule has 1 N–H and O–H groups in total. The predicted octanol–water partition coefficient (Wildman–Crippen LogP) is 3.92. The molecule has 20 heavy (non-hydrogen) atoms. The van der Waals surface area contributed by atoms with E-state index in [0.29, 0.717) is 24.5 Å². The van der Waals surface area contributed by atoms with E-state index in [1.54, 1.807) is 19.1 Å². The van der Waals surface area contributed by atoms with Gasteiger partial charge in [0.2, 0.25) is 0 Å². The Bertz CT molecular complexity index is 415. The molecule has 0 aliphatic heterocycles. The number of phenols is 1. The van der Waals surface area contributed by atoms with Gasteiger partial charge < -0.3 is 14.6 Å². The van der Waals surface area contributed by atoms with Gasteiger partial charge in [-0.2, -0.15) is 0 Å². The van der Waals surface area contributed by atoms with Gasteiger partial charge in [0.25, 0.3) is 0 Å². The van der Waals surface area contributed by atoms with E-state index in [-0.39, 0.29) is 5.75 Å². The van der Waals surface area contributed by atoms with Crippen LogP contribution in [0.15, 0.2) is 18.2 Å². The normalized spacial score (nSPS) is 10.3. The molecule has 0 aliphatic rings. The van der Waals surface area contributed by atoms with Crippen molar-refractivity contribution >= 4 is 5.97 Å². The molecule has 1 aromatic carbocycles. The minimum atomic E-state index is -0.436. The summed E-state index contributed by atoms with van der Waals surface area (Å²) in [7, 11) is 0. The maximum Gasteiger partial charge on any atom is 0.338 e. The summed E-state index contributed by atoms with van der Waals surface area (Å²) >= 11 is 0. The van der Waals surface area contributed by atoms with Crippen molar-refractivity contribution in [1.29, 1.82) is 0 Å². The van der Waals surface area contributed by atoms with E-state index >= 15 is 0 Å². The van der Waals surface area contributed by atoms with Crippen LogP contribution in [-0.2, 0) is 4.74 Å². The molecule has 0 amide bonds. The van der Waals surface area contributed by atoms with E-state index in [1.165, 1.54) is 25.3 Å². The lowest BCUT2D eigenvalue weighted by atomic mass is 10.2. The Morgan fingerprint density at radius 2 is 1.90 bits per heavy atom. The average molecular weight is 280 g/mol. The molecule has 0 aromatic heterocycles. The molecule has 0 bridgehead atoms. The third-order valence-corrected chi connectivity index (χ3v) is 2.98. The maximum atomic E-state index is 11.5. The highest BCUT2D eigenvalue weighted by Gasteiger charge is 2.10. The topological polar surface area (TPSA) is 55.8 Å². The molecule has 1 aromatic rings. The summed E-state index contributed by atoms with van der Waals surface area (Å²) in [5.74, 6) is -0.0495. The Morgan fingerprint density at radius 3 is 2.55 bits per heavy atom. The molecule has 1 rings (SSSR count). The number of carbonyl (C=O) groups is 1. The van der Waals surface area contributed by atoms with Gasteiger partial charge in [-0.15, -0.1) is 0 Å². The van der Waals surface area contributed by atoms with E-state index in [1.807, 2.05) is 0 Å². The summed E-state index contributed by atoms with van der Waals surface area (Å²) < 4.78 is 10.4. The fourth-order valence-corrected chi connectivity index (χ4v) is 1.87. The number of rotatable bonds is 9. The molecule has 0 unspecified atom stereocenters. The molecular formula is C16H24O4. The maximum absolute atomic E-state index is 11.5. The number of hydrogen-bond donors (Lipinski definition) is 1. The summed E-state index contributed by atoms with van der Waals surface area (Å²) in [6.45, 7) is 4.82. The van der Waals surface area contributed by atoms with Crippen LogP contribution in [0.5, 0.6) is 11.5 Å². The fraction of sp³-hybridized carbons (Fsp3) is 0.562. The Hall–Kier alpha value is -1.71. The summed E-state index contributed by atoms with van der Waals surface area (Å²) in [5, 5.41) is 9.82. The van der Waals surface area contributed by atoms with E-state index in [9.17, 15) is 9.90 Å². The van der Waals surface area contributed by atoms with Gasteiger partial charge in [-0.1, -0.05) is 32.6 Å². The fourth-order valence-electron chi connectivity index (χ4n) is 1.87. The predicted molar refractivity (Wildman–Crippen MR) is 78.3 cm³/mol. The van der Waals surface area contributed by atoms with Crippen molar-refractivity contribution < 1.29 is 19.4 Å². The van der Waals surface area contributed by atoms with Crippen molar-refractivity contribution in [2.75, 3.05) is 13.2 Å². The summed E-state index contributed by atoms with van der Waals surface area (Å²) in [6.07, 6.45) is 5.79. The largest absolute Gasteiger partial charge is 0.504 e. The van der Waals surface area contributed by atoms with Gasteiger partial charge in [0, 0.05) is 0 Å². The van der Waals surface area contributed by atoms with Crippen LogP contribution in [0.25, 0.3) is 0 Å². The van der Waals surface area contributed by atoms with Crippen molar-refractivity contribution in [1.82, 2.24) is 0 Å². The first-order valence-electron chi connectivity index (χ1n) is 7.32. The third kappa shape index (κ3) is 5.51. The van der Waals surface area contributed by atoms with Crippen molar-refractivity contribution in [3.8, 4) is 11.5 Å². The Balaban J connectivity index is 2.42. The summed E-state index contributed by atoms with van der Waals surface area (Å²) in [4.78, 5) is 11.5. The SMILES string of the molecule is CCCCCCCOc1ccc(C(=O)OCC)cc1O. The lowest BCUT2D eigenvalue weighted by molar-refractivity contribution is 0.0526. The Labute approximate surface area is 120 Å². The molecule has 4 nitrogen and oxygen atoms in total. The van der Waals surface area contributed by atoms with Gasteiger partial charge in [-0.05, 0) is 31.5 Å². The molecule has 0 radical (unpaired) electrons. The van der Waals surface area contributed by atoms with Gasteiger partial charge in [0.1, 0.15) is 0 Å². The number of phenolic OH excluding ortho intramolecular Hbond substituents is 1. The number of ether oxygens (including phenoxy) is 2. The molecule has 4 heteroatoms. The molecular weight excluding hydrogens is 256 g/mol. The van der Waals surface area contributed by atoms with E-state index in [2.05, 4.69) is 6.92 Å². The molecule has 0 aliphatic carbocycles. The number of carbonyl (C=O) groups excluding carboxylic acids is 1.